The van der Waals surface area contributed by atoms with E-state index >= 15 is 0 Å². The number of carbonyl (C=O) groups excluding carboxylic acids is 1. The van der Waals surface area contributed by atoms with E-state index in [0.29, 0.717) is 23.8 Å². The molecule has 1 atom stereocenters. The molecule has 0 bridgehead atoms. The number of nitrogens with zero attached hydrogens (tertiary/aromatic N) is 2. The van der Waals surface area contributed by atoms with Gasteiger partial charge < -0.3 is 10.2 Å². The third-order valence-electron chi connectivity index (χ3n) is 4.30. The molecule has 8 heteroatoms. The molecule has 2 amide bonds. The lowest BCUT2D eigenvalue weighted by Gasteiger charge is -2.38. The van der Waals surface area contributed by atoms with Crippen LogP contribution in [0.1, 0.15) is 6.92 Å². The van der Waals surface area contributed by atoms with Crippen molar-refractivity contribution in [3.63, 3.8) is 0 Å². The fourth-order valence-corrected chi connectivity index (χ4v) is 4.69. The van der Waals surface area contributed by atoms with E-state index in [-0.39, 0.29) is 23.5 Å². The number of amides is 2. The Morgan fingerprint density at radius 2 is 1.73 bits per heavy atom. The second kappa shape index (κ2) is 7.65. The molecule has 1 saturated heterocycles. The molecule has 1 N–H and O–H groups in total. The van der Waals surface area contributed by atoms with Crippen LogP contribution in [0.4, 0.5) is 10.5 Å². The minimum atomic E-state index is -3.62. The van der Waals surface area contributed by atoms with Crippen LogP contribution in [0.25, 0.3) is 0 Å². The zero-order chi connectivity index (χ0) is 18.7. The number of sulfonamides is 1. The monoisotopic (exact) mass is 393 g/mol. The summed E-state index contributed by atoms with van der Waals surface area (Å²) in [6, 6.07) is 14.7. The highest BCUT2D eigenvalue weighted by Crippen LogP contribution is 2.23. The summed E-state index contributed by atoms with van der Waals surface area (Å²) in [6.07, 6.45) is 0. The van der Waals surface area contributed by atoms with Crippen LogP contribution >= 0.6 is 11.6 Å². The van der Waals surface area contributed by atoms with Crippen molar-refractivity contribution in [1.29, 1.82) is 0 Å². The second-order valence-corrected chi connectivity index (χ2v) is 8.49. The van der Waals surface area contributed by atoms with Crippen molar-refractivity contribution in [1.82, 2.24) is 9.21 Å². The molecule has 2 aromatic rings. The van der Waals surface area contributed by atoms with Crippen LogP contribution in [0.15, 0.2) is 59.5 Å². The number of para-hydroxylation sites is 1. The predicted octanol–water partition coefficient (Wildman–Crippen LogP) is 3.27. The number of piperazine rings is 1. The van der Waals surface area contributed by atoms with Crippen molar-refractivity contribution in [3.05, 3.63) is 59.6 Å². The van der Waals surface area contributed by atoms with Crippen molar-refractivity contribution in [3.8, 4) is 0 Å². The molecule has 0 unspecified atom stereocenters. The highest BCUT2D eigenvalue weighted by Gasteiger charge is 2.35. The standard InChI is InChI=1S/C18H20ClN3O3S/c1-14-13-21(18(23)20-16-5-3-2-4-6-16)11-12-22(14)26(24,25)17-9-7-15(19)8-10-17/h2-10,14H,11-13H2,1H3,(H,20,23)/t14-/m0/s1. The Bertz CT molecular complexity index is 872. The smallest absolute Gasteiger partial charge is 0.321 e. The number of nitrogens with one attached hydrogen (secondary N) is 1. The maximum atomic E-state index is 12.8. The molecule has 3 rings (SSSR count). The van der Waals surface area contributed by atoms with E-state index in [1.807, 2.05) is 30.3 Å². The van der Waals surface area contributed by atoms with Crippen LogP contribution in [-0.2, 0) is 10.0 Å². The number of hydrogen-bond donors (Lipinski definition) is 1. The lowest BCUT2D eigenvalue weighted by Crippen LogP contribution is -2.56. The third kappa shape index (κ3) is 4.00. The molecule has 0 radical (unpaired) electrons. The zero-order valence-corrected chi connectivity index (χ0v) is 15.9. The first-order valence-electron chi connectivity index (χ1n) is 8.26. The van der Waals surface area contributed by atoms with E-state index in [4.69, 9.17) is 11.6 Å². The molecule has 1 fully saturated rings. The summed E-state index contributed by atoms with van der Waals surface area (Å²) in [5.41, 5.74) is 0.710. The van der Waals surface area contributed by atoms with Gasteiger partial charge in [-0.3, -0.25) is 0 Å². The lowest BCUT2D eigenvalue weighted by molar-refractivity contribution is 0.157. The molecule has 6 nitrogen and oxygen atoms in total. The maximum absolute atomic E-state index is 12.8. The van der Waals surface area contributed by atoms with Gasteiger partial charge in [-0.1, -0.05) is 29.8 Å². The molecule has 138 valence electrons. The number of benzene rings is 2. The first-order chi connectivity index (χ1) is 12.4. The first kappa shape index (κ1) is 18.7. The van der Waals surface area contributed by atoms with Crippen LogP contribution in [-0.4, -0.2) is 49.3 Å². The molecule has 26 heavy (non-hydrogen) atoms. The van der Waals surface area contributed by atoms with E-state index in [9.17, 15) is 13.2 Å². The van der Waals surface area contributed by atoms with Gasteiger partial charge in [0.1, 0.15) is 0 Å². The first-order valence-corrected chi connectivity index (χ1v) is 10.1. The van der Waals surface area contributed by atoms with Crippen molar-refractivity contribution in [2.45, 2.75) is 17.9 Å². The Morgan fingerprint density at radius 3 is 2.35 bits per heavy atom. The fraction of sp³-hybridized carbons (Fsp3) is 0.278. The molecule has 0 aromatic heterocycles. The Morgan fingerprint density at radius 1 is 1.08 bits per heavy atom. The van der Waals surface area contributed by atoms with Gasteiger partial charge in [-0.15, -0.1) is 0 Å². The number of hydrogen-bond acceptors (Lipinski definition) is 3. The van der Waals surface area contributed by atoms with Gasteiger partial charge in [0, 0.05) is 36.4 Å². The van der Waals surface area contributed by atoms with E-state index < -0.39 is 10.0 Å². The normalized spacial score (nSPS) is 18.5. The minimum Gasteiger partial charge on any atom is -0.322 e. The molecule has 2 aromatic carbocycles. The van der Waals surface area contributed by atoms with Crippen LogP contribution in [0.2, 0.25) is 5.02 Å². The van der Waals surface area contributed by atoms with Gasteiger partial charge in [-0.25, -0.2) is 13.2 Å². The summed E-state index contributed by atoms with van der Waals surface area (Å²) in [5, 5.41) is 3.31. The average Bonchev–Trinajstić information content (AvgIpc) is 2.62. The summed E-state index contributed by atoms with van der Waals surface area (Å²) in [4.78, 5) is 14.2. The van der Waals surface area contributed by atoms with Crippen LogP contribution in [0.3, 0.4) is 0 Å². The Labute approximate surface area is 158 Å². The topological polar surface area (TPSA) is 69.7 Å². The second-order valence-electron chi connectivity index (χ2n) is 6.16. The number of rotatable bonds is 3. The molecule has 0 spiro atoms. The lowest BCUT2D eigenvalue weighted by atomic mass is 10.2. The number of carbonyl (C=O) groups is 1. The van der Waals surface area contributed by atoms with Gasteiger partial charge in [0.25, 0.3) is 0 Å². The van der Waals surface area contributed by atoms with Crippen molar-refractivity contribution < 1.29 is 13.2 Å². The molecule has 0 saturated carbocycles. The zero-order valence-electron chi connectivity index (χ0n) is 14.3. The van der Waals surface area contributed by atoms with Crippen LogP contribution in [0, 0.1) is 0 Å². The van der Waals surface area contributed by atoms with Gasteiger partial charge >= 0.3 is 6.03 Å². The van der Waals surface area contributed by atoms with Gasteiger partial charge in [0.15, 0.2) is 0 Å². The fourth-order valence-electron chi connectivity index (χ4n) is 2.95. The average molecular weight is 394 g/mol. The van der Waals surface area contributed by atoms with Gasteiger partial charge in [-0.2, -0.15) is 4.31 Å². The summed E-state index contributed by atoms with van der Waals surface area (Å²) >= 11 is 5.84. The molecular weight excluding hydrogens is 374 g/mol. The van der Waals surface area contributed by atoms with Crippen molar-refractivity contribution >= 4 is 33.3 Å². The molecule has 0 aliphatic carbocycles. The number of anilines is 1. The Kier molecular flexibility index (Phi) is 5.50. The predicted molar refractivity (Wildman–Crippen MR) is 102 cm³/mol. The highest BCUT2D eigenvalue weighted by molar-refractivity contribution is 7.89. The van der Waals surface area contributed by atoms with Gasteiger partial charge in [-0.05, 0) is 43.3 Å². The molecule has 1 aliphatic rings. The SMILES string of the molecule is C[C@H]1CN(C(=O)Nc2ccccc2)CCN1S(=O)(=O)c1ccc(Cl)cc1. The quantitative estimate of drug-likeness (QED) is 0.870. The number of halogens is 1. The van der Waals surface area contributed by atoms with E-state index in [0.717, 1.165) is 0 Å². The maximum Gasteiger partial charge on any atom is 0.321 e. The molecule has 1 heterocycles. The summed E-state index contributed by atoms with van der Waals surface area (Å²) < 4.78 is 27.1. The van der Waals surface area contributed by atoms with E-state index in [1.165, 1.54) is 16.4 Å². The molecular formula is C18H20ClN3O3S. The molecule has 1 aliphatic heterocycles. The summed E-state index contributed by atoms with van der Waals surface area (Å²) in [7, 11) is -3.62. The highest BCUT2D eigenvalue weighted by atomic mass is 35.5. The largest absolute Gasteiger partial charge is 0.322 e. The minimum absolute atomic E-state index is 0.205. The van der Waals surface area contributed by atoms with E-state index in [2.05, 4.69) is 5.32 Å². The van der Waals surface area contributed by atoms with Crippen LogP contribution in [0.5, 0.6) is 0 Å². The summed E-state index contributed by atoms with van der Waals surface area (Å²) in [5.74, 6) is 0. The van der Waals surface area contributed by atoms with Crippen molar-refractivity contribution in [2.75, 3.05) is 25.0 Å². The Balaban J connectivity index is 1.68. The van der Waals surface area contributed by atoms with Crippen LogP contribution < -0.4 is 5.32 Å². The number of urea groups is 1. The van der Waals surface area contributed by atoms with Crippen molar-refractivity contribution in [2.24, 2.45) is 0 Å². The van der Waals surface area contributed by atoms with Gasteiger partial charge in [0.2, 0.25) is 10.0 Å². The third-order valence-corrected chi connectivity index (χ3v) is 6.58. The Hall–Kier alpha value is -2.09. The summed E-state index contributed by atoms with van der Waals surface area (Å²) in [6.45, 7) is 2.70. The van der Waals surface area contributed by atoms with E-state index in [1.54, 1.807) is 24.0 Å². The van der Waals surface area contributed by atoms with Gasteiger partial charge in [0.05, 0.1) is 4.90 Å².